The van der Waals surface area contributed by atoms with Crippen molar-refractivity contribution in [3.63, 3.8) is 0 Å². The Bertz CT molecular complexity index is 580. The summed E-state index contributed by atoms with van der Waals surface area (Å²) >= 11 is 3.50. The maximum atomic E-state index is 11.2. The molecule has 0 aliphatic carbocycles. The van der Waals surface area contributed by atoms with Gasteiger partial charge in [0.25, 0.3) is 0 Å². The summed E-state index contributed by atoms with van der Waals surface area (Å²) in [4.78, 5) is 13.5. The Labute approximate surface area is 133 Å². The number of ketones is 1. The van der Waals surface area contributed by atoms with Gasteiger partial charge < -0.3 is 0 Å². The SMILES string of the molecule is CC(=O)CN1CCC(=C(c2ccsc2)c2ccsc2)CC1. The fourth-order valence-electron chi connectivity index (χ4n) is 2.93. The van der Waals surface area contributed by atoms with Gasteiger partial charge >= 0.3 is 0 Å². The summed E-state index contributed by atoms with van der Waals surface area (Å²) in [5, 5.41) is 8.77. The molecular weight excluding hydrogens is 298 g/mol. The molecule has 3 rings (SSSR count). The monoisotopic (exact) mass is 317 g/mol. The quantitative estimate of drug-likeness (QED) is 0.838. The molecule has 0 amide bonds. The van der Waals surface area contributed by atoms with Crippen LogP contribution in [0.25, 0.3) is 5.57 Å². The van der Waals surface area contributed by atoms with E-state index in [-0.39, 0.29) is 5.78 Å². The smallest absolute Gasteiger partial charge is 0.143 e. The van der Waals surface area contributed by atoms with E-state index in [0.29, 0.717) is 6.54 Å². The predicted molar refractivity (Wildman–Crippen MR) is 91.0 cm³/mol. The first-order chi connectivity index (χ1) is 10.2. The van der Waals surface area contributed by atoms with Crippen molar-refractivity contribution in [1.82, 2.24) is 4.90 Å². The molecule has 1 saturated heterocycles. The van der Waals surface area contributed by atoms with Gasteiger partial charge in [-0.3, -0.25) is 9.69 Å². The fraction of sp³-hybridized carbons (Fsp3) is 0.353. The molecule has 0 unspecified atom stereocenters. The van der Waals surface area contributed by atoms with Crippen LogP contribution in [-0.4, -0.2) is 30.3 Å². The van der Waals surface area contributed by atoms with Gasteiger partial charge in [-0.2, -0.15) is 22.7 Å². The maximum absolute atomic E-state index is 11.2. The van der Waals surface area contributed by atoms with Crippen molar-refractivity contribution in [2.24, 2.45) is 0 Å². The average Bonchev–Trinajstić information content (AvgIpc) is 3.14. The number of carbonyl (C=O) groups is 1. The molecule has 1 aliphatic heterocycles. The van der Waals surface area contributed by atoms with Gasteiger partial charge in [-0.1, -0.05) is 5.57 Å². The molecule has 2 nitrogen and oxygen atoms in total. The molecule has 110 valence electrons. The first kappa shape index (κ1) is 14.7. The highest BCUT2D eigenvalue weighted by Gasteiger charge is 2.19. The largest absolute Gasteiger partial charge is 0.299 e. The first-order valence-electron chi connectivity index (χ1n) is 7.23. The van der Waals surface area contributed by atoms with Crippen LogP contribution < -0.4 is 0 Å². The Balaban J connectivity index is 1.86. The molecule has 0 radical (unpaired) electrons. The number of likely N-dealkylation sites (tertiary alicyclic amines) is 1. The zero-order chi connectivity index (χ0) is 14.7. The van der Waals surface area contributed by atoms with Crippen LogP contribution in [0, 0.1) is 0 Å². The van der Waals surface area contributed by atoms with Crippen molar-refractivity contribution in [1.29, 1.82) is 0 Å². The molecule has 1 fully saturated rings. The Morgan fingerprint density at radius 2 is 1.67 bits per heavy atom. The summed E-state index contributed by atoms with van der Waals surface area (Å²) in [5.74, 6) is 0.262. The molecule has 2 aromatic rings. The van der Waals surface area contributed by atoms with E-state index >= 15 is 0 Å². The zero-order valence-electron chi connectivity index (χ0n) is 12.2. The third-order valence-corrected chi connectivity index (χ3v) is 5.25. The van der Waals surface area contributed by atoms with Crippen LogP contribution in [-0.2, 0) is 4.79 Å². The highest BCUT2D eigenvalue weighted by molar-refractivity contribution is 7.08. The number of hydrogen-bond acceptors (Lipinski definition) is 4. The summed E-state index contributed by atoms with van der Waals surface area (Å²) in [6, 6.07) is 4.43. The number of nitrogens with zero attached hydrogens (tertiary/aromatic N) is 1. The minimum absolute atomic E-state index is 0.262. The summed E-state index contributed by atoms with van der Waals surface area (Å²) in [5.41, 5.74) is 5.63. The van der Waals surface area contributed by atoms with E-state index in [0.717, 1.165) is 25.9 Å². The molecule has 4 heteroatoms. The highest BCUT2D eigenvalue weighted by atomic mass is 32.1. The third kappa shape index (κ3) is 3.51. The molecule has 0 bridgehead atoms. The molecule has 0 atom stereocenters. The van der Waals surface area contributed by atoms with E-state index in [9.17, 15) is 4.79 Å². The minimum atomic E-state index is 0.262. The fourth-order valence-corrected chi connectivity index (χ4v) is 4.23. The molecule has 0 saturated carbocycles. The van der Waals surface area contributed by atoms with Crippen LogP contribution in [0.5, 0.6) is 0 Å². The molecule has 0 spiro atoms. The summed E-state index contributed by atoms with van der Waals surface area (Å²) in [6.07, 6.45) is 2.13. The Kier molecular flexibility index (Phi) is 4.68. The third-order valence-electron chi connectivity index (χ3n) is 3.88. The average molecular weight is 317 g/mol. The number of rotatable bonds is 4. The molecule has 3 heterocycles. The first-order valence-corrected chi connectivity index (χ1v) is 9.11. The van der Waals surface area contributed by atoms with Gasteiger partial charge in [0.1, 0.15) is 5.78 Å². The lowest BCUT2D eigenvalue weighted by molar-refractivity contribution is -0.118. The molecule has 21 heavy (non-hydrogen) atoms. The lowest BCUT2D eigenvalue weighted by Gasteiger charge is -2.29. The van der Waals surface area contributed by atoms with Crippen LogP contribution >= 0.6 is 22.7 Å². The van der Waals surface area contributed by atoms with Crippen molar-refractivity contribution in [3.05, 3.63) is 50.4 Å². The number of hydrogen-bond donors (Lipinski definition) is 0. The van der Waals surface area contributed by atoms with Gasteiger partial charge in [0.15, 0.2) is 0 Å². The van der Waals surface area contributed by atoms with Crippen LogP contribution in [0.2, 0.25) is 0 Å². The van der Waals surface area contributed by atoms with Crippen molar-refractivity contribution in [3.8, 4) is 0 Å². The molecule has 1 aliphatic rings. The number of carbonyl (C=O) groups excluding carboxylic acids is 1. The van der Waals surface area contributed by atoms with Gasteiger partial charge in [-0.15, -0.1) is 0 Å². The molecular formula is C17H19NOS2. The normalized spacial score (nSPS) is 16.1. The number of piperidine rings is 1. The second-order valence-corrected chi connectivity index (χ2v) is 7.04. The van der Waals surface area contributed by atoms with Crippen molar-refractivity contribution < 1.29 is 4.79 Å². The van der Waals surface area contributed by atoms with Gasteiger partial charge in [-0.25, -0.2) is 0 Å². The van der Waals surface area contributed by atoms with Gasteiger partial charge in [0.2, 0.25) is 0 Å². The van der Waals surface area contributed by atoms with E-state index < -0.39 is 0 Å². The summed E-state index contributed by atoms with van der Waals surface area (Å²) in [6.45, 7) is 4.26. The topological polar surface area (TPSA) is 20.3 Å². The number of thiophene rings is 2. The predicted octanol–water partition coefficient (Wildman–Crippen LogP) is 4.30. The van der Waals surface area contributed by atoms with E-state index in [4.69, 9.17) is 0 Å². The standard InChI is InChI=1S/C17H19NOS2/c1-13(19)10-18-6-2-14(3-7-18)17(15-4-8-20-11-15)16-5-9-21-12-16/h4-5,8-9,11-12H,2-3,6-7,10H2,1H3. The minimum Gasteiger partial charge on any atom is -0.299 e. The maximum Gasteiger partial charge on any atom is 0.143 e. The van der Waals surface area contributed by atoms with Crippen LogP contribution in [0.1, 0.15) is 30.9 Å². The second kappa shape index (κ2) is 6.69. The van der Waals surface area contributed by atoms with Gasteiger partial charge in [0, 0.05) is 13.1 Å². The van der Waals surface area contributed by atoms with Crippen molar-refractivity contribution >= 4 is 34.0 Å². The van der Waals surface area contributed by atoms with Crippen LogP contribution in [0.3, 0.4) is 0 Å². The van der Waals surface area contributed by atoms with Crippen molar-refractivity contribution in [2.45, 2.75) is 19.8 Å². The summed E-state index contributed by atoms with van der Waals surface area (Å²) < 4.78 is 0. The van der Waals surface area contributed by atoms with Crippen LogP contribution in [0.4, 0.5) is 0 Å². The highest BCUT2D eigenvalue weighted by Crippen LogP contribution is 2.34. The Hall–Kier alpha value is -1.23. The molecule has 0 aromatic carbocycles. The Morgan fingerprint density at radius 1 is 1.10 bits per heavy atom. The van der Waals surface area contributed by atoms with E-state index in [1.165, 1.54) is 22.3 Å². The van der Waals surface area contributed by atoms with E-state index in [1.807, 2.05) is 0 Å². The van der Waals surface area contributed by atoms with E-state index in [1.54, 1.807) is 29.6 Å². The van der Waals surface area contributed by atoms with Gasteiger partial charge in [-0.05, 0) is 70.1 Å². The Morgan fingerprint density at radius 3 is 2.10 bits per heavy atom. The van der Waals surface area contributed by atoms with Crippen molar-refractivity contribution in [2.75, 3.05) is 19.6 Å². The summed E-state index contributed by atoms with van der Waals surface area (Å²) in [7, 11) is 0. The second-order valence-electron chi connectivity index (χ2n) is 5.48. The molecule has 2 aromatic heterocycles. The van der Waals surface area contributed by atoms with Crippen LogP contribution in [0.15, 0.2) is 39.2 Å². The van der Waals surface area contributed by atoms with E-state index in [2.05, 4.69) is 38.6 Å². The lowest BCUT2D eigenvalue weighted by atomic mass is 9.91. The lowest BCUT2D eigenvalue weighted by Crippen LogP contribution is -2.34. The number of Topliss-reactive ketones (excluding diaryl/α,β-unsaturated/α-hetero) is 1. The molecule has 0 N–H and O–H groups in total. The zero-order valence-corrected chi connectivity index (χ0v) is 13.8. The van der Waals surface area contributed by atoms with Gasteiger partial charge in [0.05, 0.1) is 6.54 Å².